The van der Waals surface area contributed by atoms with Crippen LogP contribution in [0, 0.1) is 11.6 Å². The summed E-state index contributed by atoms with van der Waals surface area (Å²) in [6.07, 6.45) is 2.47. The maximum atomic E-state index is 13.4. The molecule has 2 aromatic rings. The second-order valence-corrected chi connectivity index (χ2v) is 4.12. The van der Waals surface area contributed by atoms with E-state index >= 15 is 0 Å². The lowest BCUT2D eigenvalue weighted by molar-refractivity contribution is -0.645. The monoisotopic (exact) mass is 265 g/mol. The maximum Gasteiger partial charge on any atom is 0.397 e. The lowest BCUT2D eigenvalue weighted by atomic mass is 10.2. The molecular formula is C14H15F2N2O+. The van der Waals surface area contributed by atoms with Gasteiger partial charge in [0.2, 0.25) is 6.20 Å². The van der Waals surface area contributed by atoms with E-state index < -0.39 is 11.6 Å². The quantitative estimate of drug-likeness (QED) is 0.679. The number of nitrogens with two attached hydrogens (primary N) is 1. The van der Waals surface area contributed by atoms with Crippen LogP contribution >= 0.6 is 0 Å². The summed E-state index contributed by atoms with van der Waals surface area (Å²) in [5.41, 5.74) is 0.926. The van der Waals surface area contributed by atoms with Gasteiger partial charge in [-0.25, -0.2) is 14.6 Å². The second-order valence-electron chi connectivity index (χ2n) is 4.12. The van der Waals surface area contributed by atoms with Crippen molar-refractivity contribution in [1.82, 2.24) is 0 Å². The molecular weight excluding hydrogens is 250 g/mol. The summed E-state index contributed by atoms with van der Waals surface area (Å²) in [5.74, 6) is 4.79. The Morgan fingerprint density at radius 1 is 1.21 bits per heavy atom. The summed E-state index contributed by atoms with van der Waals surface area (Å²) < 4.78 is 33.5. The molecule has 0 saturated heterocycles. The van der Waals surface area contributed by atoms with Crippen LogP contribution in [0.1, 0.15) is 18.1 Å². The molecule has 1 aromatic carbocycles. The molecule has 1 heterocycles. The normalized spacial score (nSPS) is 10.5. The molecule has 19 heavy (non-hydrogen) atoms. The summed E-state index contributed by atoms with van der Waals surface area (Å²) in [5, 5.41) is 0. The van der Waals surface area contributed by atoms with Crippen molar-refractivity contribution >= 4 is 0 Å². The molecule has 100 valence electrons. The van der Waals surface area contributed by atoms with Crippen molar-refractivity contribution < 1.29 is 18.2 Å². The van der Waals surface area contributed by atoms with Crippen molar-refractivity contribution in [2.45, 2.75) is 20.0 Å². The highest BCUT2D eigenvalue weighted by Gasteiger charge is 2.14. The van der Waals surface area contributed by atoms with E-state index in [1.54, 1.807) is 12.3 Å². The first kappa shape index (κ1) is 13.3. The summed E-state index contributed by atoms with van der Waals surface area (Å²) in [6, 6.07) is 7.31. The Morgan fingerprint density at radius 2 is 1.89 bits per heavy atom. The molecule has 5 heteroatoms. The molecule has 0 radical (unpaired) electrons. The van der Waals surface area contributed by atoms with Crippen LogP contribution in [0.3, 0.4) is 0 Å². The number of hydrogen-bond donors (Lipinski definition) is 1. The van der Waals surface area contributed by atoms with Crippen LogP contribution in [-0.4, -0.2) is 0 Å². The molecule has 0 saturated carbocycles. The lowest BCUT2D eigenvalue weighted by Crippen LogP contribution is -2.45. The van der Waals surface area contributed by atoms with Gasteiger partial charge in [-0.3, -0.25) is 0 Å². The van der Waals surface area contributed by atoms with E-state index in [4.69, 9.17) is 10.6 Å². The van der Waals surface area contributed by atoms with Crippen molar-refractivity contribution in [2.24, 2.45) is 0 Å². The van der Waals surface area contributed by atoms with Gasteiger partial charge in [-0.2, -0.15) is 0 Å². The Hall–Kier alpha value is -2.17. The SMILES string of the molecule is CCc1cc[n+](N)c(OCc2c(F)cccc2F)c1. The van der Waals surface area contributed by atoms with Gasteiger partial charge in [0, 0.05) is 6.07 Å². The summed E-state index contributed by atoms with van der Waals surface area (Å²) in [4.78, 5) is 0. The zero-order valence-corrected chi connectivity index (χ0v) is 10.6. The third-order valence-electron chi connectivity index (χ3n) is 2.85. The number of aromatic nitrogens is 1. The van der Waals surface area contributed by atoms with Gasteiger partial charge in [0.25, 0.3) is 0 Å². The Kier molecular flexibility index (Phi) is 3.94. The van der Waals surface area contributed by atoms with Gasteiger partial charge in [0.1, 0.15) is 18.2 Å². The van der Waals surface area contributed by atoms with Crippen molar-refractivity contribution in [3.8, 4) is 5.88 Å². The van der Waals surface area contributed by atoms with Gasteiger partial charge in [0.15, 0.2) is 0 Å². The Bertz CT molecular complexity index is 567. The number of benzene rings is 1. The molecule has 0 unspecified atom stereocenters. The number of halogens is 2. The van der Waals surface area contributed by atoms with Gasteiger partial charge < -0.3 is 4.74 Å². The topological polar surface area (TPSA) is 39.1 Å². The standard InChI is InChI=1S/C14H15F2N2O/c1-2-10-6-7-18(17)14(8-10)19-9-11-12(15)4-3-5-13(11)16/h3-8H,2,9,17H2,1H3/q+1. The number of nitrogens with zero attached hydrogens (tertiary/aromatic N) is 1. The fourth-order valence-corrected chi connectivity index (χ4v) is 1.68. The fraction of sp³-hybridized carbons (Fsp3) is 0.214. The molecule has 0 aliphatic carbocycles. The van der Waals surface area contributed by atoms with Crippen LogP contribution in [0.15, 0.2) is 36.5 Å². The highest BCUT2D eigenvalue weighted by Crippen LogP contribution is 2.15. The molecule has 2 rings (SSSR count). The van der Waals surface area contributed by atoms with E-state index in [0.717, 1.165) is 12.0 Å². The minimum Gasteiger partial charge on any atom is -0.437 e. The average molecular weight is 265 g/mol. The maximum absolute atomic E-state index is 13.4. The number of nitrogen functional groups attached to an aromatic ring is 1. The highest BCUT2D eigenvalue weighted by atomic mass is 19.1. The minimum absolute atomic E-state index is 0.107. The van der Waals surface area contributed by atoms with Crippen LogP contribution in [0.4, 0.5) is 8.78 Å². The first-order chi connectivity index (χ1) is 9.11. The van der Waals surface area contributed by atoms with E-state index in [-0.39, 0.29) is 12.2 Å². The van der Waals surface area contributed by atoms with Crippen LogP contribution in [0.25, 0.3) is 0 Å². The van der Waals surface area contributed by atoms with Crippen molar-refractivity contribution in [3.05, 3.63) is 59.3 Å². The molecule has 0 amide bonds. The van der Waals surface area contributed by atoms with Gasteiger partial charge in [-0.15, -0.1) is 0 Å². The fourth-order valence-electron chi connectivity index (χ4n) is 1.68. The predicted octanol–water partition coefficient (Wildman–Crippen LogP) is 2.11. The number of rotatable bonds is 4. The van der Waals surface area contributed by atoms with E-state index in [1.807, 2.05) is 13.0 Å². The Labute approximate surface area is 110 Å². The molecule has 0 aliphatic rings. The largest absolute Gasteiger partial charge is 0.437 e. The molecule has 0 aliphatic heterocycles. The molecule has 0 spiro atoms. The van der Waals surface area contributed by atoms with Crippen LogP contribution in [-0.2, 0) is 13.0 Å². The third kappa shape index (κ3) is 2.99. The van der Waals surface area contributed by atoms with Crippen LogP contribution in [0.5, 0.6) is 5.88 Å². The molecule has 0 bridgehead atoms. The molecule has 0 atom stereocenters. The van der Waals surface area contributed by atoms with Crippen molar-refractivity contribution in [3.63, 3.8) is 0 Å². The molecule has 1 aromatic heterocycles. The van der Waals surface area contributed by atoms with Gasteiger partial charge in [-0.1, -0.05) is 17.7 Å². The number of hydrogen-bond acceptors (Lipinski definition) is 2. The first-order valence-electron chi connectivity index (χ1n) is 5.97. The van der Waals surface area contributed by atoms with Crippen LogP contribution < -0.4 is 15.3 Å². The lowest BCUT2D eigenvalue weighted by Gasteiger charge is -2.06. The Morgan fingerprint density at radius 3 is 2.53 bits per heavy atom. The van der Waals surface area contributed by atoms with E-state index in [1.165, 1.54) is 22.9 Å². The van der Waals surface area contributed by atoms with Crippen molar-refractivity contribution in [1.29, 1.82) is 0 Å². The number of aryl methyl sites for hydroxylation is 1. The highest BCUT2D eigenvalue weighted by molar-refractivity contribution is 5.20. The molecule has 0 fully saturated rings. The average Bonchev–Trinajstić information content (AvgIpc) is 2.40. The third-order valence-corrected chi connectivity index (χ3v) is 2.85. The second kappa shape index (κ2) is 5.65. The van der Waals surface area contributed by atoms with Crippen LogP contribution in [0.2, 0.25) is 0 Å². The number of pyridine rings is 1. The van der Waals surface area contributed by atoms with Gasteiger partial charge >= 0.3 is 5.88 Å². The van der Waals surface area contributed by atoms with Gasteiger partial charge in [0.05, 0.1) is 11.6 Å². The number of ether oxygens (including phenoxy) is 1. The zero-order valence-electron chi connectivity index (χ0n) is 10.6. The first-order valence-corrected chi connectivity index (χ1v) is 5.97. The Balaban J connectivity index is 2.19. The zero-order chi connectivity index (χ0) is 13.8. The van der Waals surface area contributed by atoms with E-state index in [9.17, 15) is 8.78 Å². The summed E-state index contributed by atoms with van der Waals surface area (Å²) in [6.45, 7) is 1.79. The van der Waals surface area contributed by atoms with E-state index in [0.29, 0.717) is 5.88 Å². The minimum atomic E-state index is -0.629. The van der Waals surface area contributed by atoms with Crippen molar-refractivity contribution in [2.75, 3.05) is 5.84 Å². The predicted molar refractivity (Wildman–Crippen MR) is 66.9 cm³/mol. The van der Waals surface area contributed by atoms with Gasteiger partial charge in [-0.05, 0) is 24.1 Å². The molecule has 2 N–H and O–H groups in total. The molecule has 3 nitrogen and oxygen atoms in total. The smallest absolute Gasteiger partial charge is 0.397 e. The summed E-state index contributed by atoms with van der Waals surface area (Å²) >= 11 is 0. The summed E-state index contributed by atoms with van der Waals surface area (Å²) in [7, 11) is 0. The van der Waals surface area contributed by atoms with E-state index in [2.05, 4.69) is 0 Å².